The number of benzene rings is 11. The van der Waals surface area contributed by atoms with Gasteiger partial charge in [-0.3, -0.25) is 0 Å². The summed E-state index contributed by atoms with van der Waals surface area (Å²) in [6.07, 6.45) is 0. The Morgan fingerprint density at radius 1 is 0.239 bits per heavy atom. The fraction of sp³-hybridized carbons (Fsp3) is 0. The van der Waals surface area contributed by atoms with Crippen LogP contribution in [0.3, 0.4) is 0 Å². The fourth-order valence-corrected chi connectivity index (χ4v) is 11.4. The van der Waals surface area contributed by atoms with Crippen molar-refractivity contribution >= 4 is 87.1 Å². The molecule has 11 aromatic carbocycles. The quantitative estimate of drug-likeness (QED) is 0.156. The summed E-state index contributed by atoms with van der Waals surface area (Å²) in [5.41, 5.74) is 16.6. The Morgan fingerprint density at radius 2 is 0.690 bits per heavy atom. The zero-order valence-electron chi connectivity index (χ0n) is 38.4. The van der Waals surface area contributed by atoms with E-state index in [1.165, 1.54) is 65.5 Å². The second-order valence-corrected chi connectivity index (χ2v) is 18.5. The van der Waals surface area contributed by atoms with E-state index in [9.17, 15) is 0 Å². The van der Waals surface area contributed by atoms with E-state index in [0.29, 0.717) is 5.82 Å². The van der Waals surface area contributed by atoms with Gasteiger partial charge in [0, 0.05) is 71.0 Å². The summed E-state index contributed by atoms with van der Waals surface area (Å²) in [5.74, 6) is 0.688. The largest absolute Gasteiger partial charge is 0.309 e. The smallest absolute Gasteiger partial charge is 0.160 e. The number of rotatable bonds is 6. The zero-order valence-corrected chi connectivity index (χ0v) is 38.4. The summed E-state index contributed by atoms with van der Waals surface area (Å²) in [6, 6.07) is 89.7. The minimum absolute atomic E-state index is 0.688. The standard InChI is InChI=1S/C66H41N5/c1-3-17-42(18-4-1)64-56-41-63(71-59-29-15-10-21-48(59)49-22-11-16-30-60(49)71)51-24-7-8-26-54(51)65(56)68-66(67-64)43-31-35-47(36-32-43)69-58-28-14-12-25-52(58)55-39-44(34-38-61(55)69)45-33-37-53-50-23-9-13-27-57(50)70(62(53)40-45)46-19-5-2-6-20-46/h1-41H. The lowest BCUT2D eigenvalue weighted by molar-refractivity contribution is 1.17. The van der Waals surface area contributed by atoms with Crippen molar-refractivity contribution in [3.63, 3.8) is 0 Å². The van der Waals surface area contributed by atoms with E-state index in [1.807, 2.05) is 0 Å². The number of para-hydroxylation sites is 5. The van der Waals surface area contributed by atoms with Gasteiger partial charge < -0.3 is 13.7 Å². The Balaban J connectivity index is 0.868. The summed E-state index contributed by atoms with van der Waals surface area (Å²) >= 11 is 0. The van der Waals surface area contributed by atoms with Crippen LogP contribution >= 0.6 is 0 Å². The van der Waals surface area contributed by atoms with Gasteiger partial charge in [-0.05, 0) is 96.1 Å². The van der Waals surface area contributed by atoms with Crippen LogP contribution in [0.25, 0.3) is 138 Å². The molecule has 0 fully saturated rings. The molecule has 0 aliphatic heterocycles. The highest BCUT2D eigenvalue weighted by atomic mass is 15.0. The van der Waals surface area contributed by atoms with Crippen LogP contribution in [0.4, 0.5) is 0 Å². The molecule has 0 aliphatic rings. The second kappa shape index (κ2) is 15.5. The Hall–Kier alpha value is -9.58. The molecule has 0 aliphatic carbocycles. The van der Waals surface area contributed by atoms with Crippen molar-refractivity contribution in [2.75, 3.05) is 0 Å². The van der Waals surface area contributed by atoms with Gasteiger partial charge in [0.2, 0.25) is 0 Å². The molecule has 0 radical (unpaired) electrons. The Labute approximate surface area is 408 Å². The van der Waals surface area contributed by atoms with Crippen LogP contribution in [0.15, 0.2) is 249 Å². The van der Waals surface area contributed by atoms with Gasteiger partial charge in [-0.2, -0.15) is 0 Å². The third-order valence-corrected chi connectivity index (χ3v) is 14.6. The molecule has 4 heterocycles. The number of nitrogens with zero attached hydrogens (tertiary/aromatic N) is 5. The number of fused-ring (bicyclic) bond motifs is 12. The first-order valence-corrected chi connectivity index (χ1v) is 24.2. The highest BCUT2D eigenvalue weighted by molar-refractivity contribution is 6.17. The highest BCUT2D eigenvalue weighted by Crippen LogP contribution is 2.42. The monoisotopic (exact) mass is 903 g/mol. The first kappa shape index (κ1) is 39.4. The predicted molar refractivity (Wildman–Crippen MR) is 296 cm³/mol. The lowest BCUT2D eigenvalue weighted by Crippen LogP contribution is -2.00. The molecule has 0 saturated heterocycles. The van der Waals surface area contributed by atoms with E-state index in [4.69, 9.17) is 9.97 Å². The SMILES string of the molecule is c1ccc(-c2nc(-c3ccc(-n4c5ccccc5c5cc(-c6ccc7c8ccccc8n(-c8ccccc8)c7c6)ccc54)cc3)nc3c2cc(-n2c4ccccc4c4ccccc42)c2ccccc23)cc1. The minimum atomic E-state index is 0.688. The molecule has 0 saturated carbocycles. The predicted octanol–water partition coefficient (Wildman–Crippen LogP) is 17.1. The zero-order chi connectivity index (χ0) is 46.6. The summed E-state index contributed by atoms with van der Waals surface area (Å²) in [5, 5.41) is 10.6. The van der Waals surface area contributed by atoms with Crippen LogP contribution < -0.4 is 0 Å². The van der Waals surface area contributed by atoms with Crippen LogP contribution in [-0.2, 0) is 0 Å². The van der Waals surface area contributed by atoms with Crippen molar-refractivity contribution in [2.45, 2.75) is 0 Å². The van der Waals surface area contributed by atoms with Crippen LogP contribution in [0, 0.1) is 0 Å². The molecule has 0 bridgehead atoms. The third-order valence-electron chi connectivity index (χ3n) is 14.6. The third kappa shape index (κ3) is 6.00. The second-order valence-electron chi connectivity index (χ2n) is 18.5. The molecule has 5 heteroatoms. The topological polar surface area (TPSA) is 40.6 Å². The molecular formula is C66H41N5. The van der Waals surface area contributed by atoms with Crippen molar-refractivity contribution in [2.24, 2.45) is 0 Å². The van der Waals surface area contributed by atoms with Gasteiger partial charge in [-0.25, -0.2) is 9.97 Å². The van der Waals surface area contributed by atoms with E-state index in [0.717, 1.165) is 66.6 Å². The van der Waals surface area contributed by atoms with Gasteiger partial charge in [0.1, 0.15) is 0 Å². The summed E-state index contributed by atoms with van der Waals surface area (Å²) in [6.45, 7) is 0. The average Bonchev–Trinajstić information content (AvgIpc) is 4.08. The van der Waals surface area contributed by atoms with E-state index >= 15 is 0 Å². The number of hydrogen-bond donors (Lipinski definition) is 0. The molecule has 0 atom stereocenters. The maximum Gasteiger partial charge on any atom is 0.160 e. The maximum atomic E-state index is 5.46. The molecule has 0 unspecified atom stereocenters. The molecule has 0 amide bonds. The van der Waals surface area contributed by atoms with E-state index in [-0.39, 0.29) is 0 Å². The van der Waals surface area contributed by atoms with E-state index in [1.54, 1.807) is 0 Å². The first-order valence-electron chi connectivity index (χ1n) is 24.2. The molecule has 4 aromatic heterocycles. The van der Waals surface area contributed by atoms with Gasteiger partial charge >= 0.3 is 0 Å². The molecular weight excluding hydrogens is 863 g/mol. The fourth-order valence-electron chi connectivity index (χ4n) is 11.4. The van der Waals surface area contributed by atoms with E-state index in [2.05, 4.69) is 262 Å². The van der Waals surface area contributed by atoms with Gasteiger partial charge in [0.05, 0.1) is 50.0 Å². The van der Waals surface area contributed by atoms with Crippen molar-refractivity contribution in [3.8, 4) is 50.8 Å². The molecule has 0 N–H and O–H groups in total. The Kier molecular flexibility index (Phi) is 8.59. The number of aromatic nitrogens is 5. The van der Waals surface area contributed by atoms with Crippen LogP contribution in [-0.4, -0.2) is 23.7 Å². The van der Waals surface area contributed by atoms with Gasteiger partial charge in [0.15, 0.2) is 5.82 Å². The molecule has 71 heavy (non-hydrogen) atoms. The van der Waals surface area contributed by atoms with E-state index < -0.39 is 0 Å². The molecule has 15 aromatic rings. The molecule has 330 valence electrons. The van der Waals surface area contributed by atoms with Crippen molar-refractivity contribution < 1.29 is 0 Å². The van der Waals surface area contributed by atoms with Gasteiger partial charge in [0.25, 0.3) is 0 Å². The molecule has 5 nitrogen and oxygen atoms in total. The maximum absolute atomic E-state index is 5.46. The minimum Gasteiger partial charge on any atom is -0.309 e. The molecule has 15 rings (SSSR count). The lowest BCUT2D eigenvalue weighted by Gasteiger charge is -2.17. The van der Waals surface area contributed by atoms with Crippen LogP contribution in [0.1, 0.15) is 0 Å². The van der Waals surface area contributed by atoms with Crippen molar-refractivity contribution in [3.05, 3.63) is 249 Å². The van der Waals surface area contributed by atoms with Gasteiger partial charge in [-0.15, -0.1) is 0 Å². The average molecular weight is 904 g/mol. The summed E-state index contributed by atoms with van der Waals surface area (Å²) < 4.78 is 7.18. The summed E-state index contributed by atoms with van der Waals surface area (Å²) in [7, 11) is 0. The summed E-state index contributed by atoms with van der Waals surface area (Å²) in [4.78, 5) is 10.9. The highest BCUT2D eigenvalue weighted by Gasteiger charge is 2.21. The van der Waals surface area contributed by atoms with Crippen molar-refractivity contribution in [1.29, 1.82) is 0 Å². The molecule has 0 spiro atoms. The Morgan fingerprint density at radius 3 is 1.34 bits per heavy atom. The van der Waals surface area contributed by atoms with Crippen molar-refractivity contribution in [1.82, 2.24) is 23.7 Å². The number of hydrogen-bond acceptors (Lipinski definition) is 2. The normalized spacial score (nSPS) is 11.9. The van der Waals surface area contributed by atoms with Crippen LogP contribution in [0.5, 0.6) is 0 Å². The van der Waals surface area contributed by atoms with Crippen LogP contribution in [0.2, 0.25) is 0 Å². The Bertz CT molecular complexity index is 4560. The first-order chi connectivity index (χ1) is 35.2. The lowest BCUT2D eigenvalue weighted by atomic mass is 9.99. The van der Waals surface area contributed by atoms with Gasteiger partial charge in [-0.1, -0.05) is 164 Å².